The molecule has 1 aliphatic carbocycles. The number of nitrogens with two attached hydrogens (primary N) is 1. The van der Waals surface area contributed by atoms with Crippen molar-refractivity contribution >= 4 is 5.91 Å². The van der Waals surface area contributed by atoms with Gasteiger partial charge in [-0.3, -0.25) is 4.79 Å². The first-order valence-corrected chi connectivity index (χ1v) is 6.83. The van der Waals surface area contributed by atoms with E-state index in [1.807, 2.05) is 11.0 Å². The van der Waals surface area contributed by atoms with Crippen LogP contribution in [-0.2, 0) is 4.79 Å². The van der Waals surface area contributed by atoms with Crippen LogP contribution in [0.2, 0.25) is 0 Å². The minimum absolute atomic E-state index is 0.294. The van der Waals surface area contributed by atoms with E-state index in [4.69, 9.17) is 5.73 Å². The SMILES string of the molecule is C=CCN(C(=O)CCC(CC)CCN)C1CC1. The standard InChI is InChI=1S/C14H26N2O/c1-3-11-16(13-6-7-13)14(17)8-5-12(4-2)9-10-15/h3,12-13H,1,4-11,15H2,2H3. The lowest BCUT2D eigenvalue weighted by atomic mass is 9.96. The second-order valence-electron chi connectivity index (χ2n) is 4.96. The Morgan fingerprint density at radius 2 is 2.24 bits per heavy atom. The Balaban J connectivity index is 2.32. The van der Waals surface area contributed by atoms with E-state index < -0.39 is 0 Å². The quantitative estimate of drug-likeness (QED) is 0.627. The Hall–Kier alpha value is -0.830. The van der Waals surface area contributed by atoms with Crippen LogP contribution in [0.1, 0.15) is 45.4 Å². The third-order valence-electron chi connectivity index (χ3n) is 3.55. The van der Waals surface area contributed by atoms with Crippen molar-refractivity contribution in [1.82, 2.24) is 4.90 Å². The van der Waals surface area contributed by atoms with E-state index in [1.165, 1.54) is 12.8 Å². The highest BCUT2D eigenvalue weighted by Crippen LogP contribution is 2.28. The topological polar surface area (TPSA) is 46.3 Å². The minimum Gasteiger partial charge on any atom is -0.336 e. The smallest absolute Gasteiger partial charge is 0.223 e. The number of amides is 1. The van der Waals surface area contributed by atoms with Gasteiger partial charge in [0.25, 0.3) is 0 Å². The lowest BCUT2D eigenvalue weighted by Crippen LogP contribution is -2.33. The Morgan fingerprint density at radius 1 is 1.53 bits per heavy atom. The maximum Gasteiger partial charge on any atom is 0.223 e. The predicted molar refractivity (Wildman–Crippen MR) is 71.6 cm³/mol. The van der Waals surface area contributed by atoms with E-state index in [1.54, 1.807) is 0 Å². The lowest BCUT2D eigenvalue weighted by Gasteiger charge is -2.22. The van der Waals surface area contributed by atoms with Gasteiger partial charge in [-0.15, -0.1) is 6.58 Å². The molecule has 0 bridgehead atoms. The van der Waals surface area contributed by atoms with Crippen molar-refractivity contribution in [3.63, 3.8) is 0 Å². The molecular weight excluding hydrogens is 212 g/mol. The maximum atomic E-state index is 12.1. The molecule has 1 saturated carbocycles. The van der Waals surface area contributed by atoms with Crippen LogP contribution in [0.3, 0.4) is 0 Å². The highest BCUT2D eigenvalue weighted by atomic mass is 16.2. The van der Waals surface area contributed by atoms with Crippen LogP contribution < -0.4 is 5.73 Å². The minimum atomic E-state index is 0.294. The van der Waals surface area contributed by atoms with E-state index in [-0.39, 0.29) is 0 Å². The van der Waals surface area contributed by atoms with Gasteiger partial charge in [0.15, 0.2) is 0 Å². The molecule has 0 aromatic rings. The molecule has 0 aromatic carbocycles. The highest BCUT2D eigenvalue weighted by Gasteiger charge is 2.31. The third kappa shape index (κ3) is 4.90. The molecule has 1 amide bonds. The van der Waals surface area contributed by atoms with Gasteiger partial charge in [-0.25, -0.2) is 0 Å². The summed E-state index contributed by atoms with van der Waals surface area (Å²) < 4.78 is 0. The first-order valence-electron chi connectivity index (χ1n) is 6.83. The van der Waals surface area contributed by atoms with E-state index in [9.17, 15) is 4.79 Å². The summed E-state index contributed by atoms with van der Waals surface area (Å²) in [5.74, 6) is 0.900. The second-order valence-corrected chi connectivity index (χ2v) is 4.96. The zero-order chi connectivity index (χ0) is 12.7. The molecule has 0 heterocycles. The molecule has 0 aromatic heterocycles. The Bertz CT molecular complexity index is 249. The average molecular weight is 238 g/mol. The van der Waals surface area contributed by atoms with Gasteiger partial charge in [0.05, 0.1) is 0 Å². The number of carbonyl (C=O) groups is 1. The van der Waals surface area contributed by atoms with Crippen LogP contribution in [-0.4, -0.2) is 29.9 Å². The summed E-state index contributed by atoms with van der Waals surface area (Å²) in [5.41, 5.74) is 5.57. The van der Waals surface area contributed by atoms with Gasteiger partial charge in [-0.2, -0.15) is 0 Å². The van der Waals surface area contributed by atoms with Gasteiger partial charge in [0, 0.05) is 19.0 Å². The highest BCUT2D eigenvalue weighted by molar-refractivity contribution is 5.77. The van der Waals surface area contributed by atoms with E-state index in [0.29, 0.717) is 30.8 Å². The Kier molecular flexibility index (Phi) is 6.27. The van der Waals surface area contributed by atoms with Gasteiger partial charge in [0.1, 0.15) is 0 Å². The number of carbonyl (C=O) groups excluding carboxylic acids is 1. The van der Waals surface area contributed by atoms with Crippen LogP contribution in [0.4, 0.5) is 0 Å². The van der Waals surface area contributed by atoms with Crippen LogP contribution >= 0.6 is 0 Å². The summed E-state index contributed by atoms with van der Waals surface area (Å²) in [4.78, 5) is 14.1. The average Bonchev–Trinajstić information content (AvgIpc) is 3.15. The molecule has 1 rings (SSSR count). The molecule has 0 aliphatic heterocycles. The van der Waals surface area contributed by atoms with Crippen molar-refractivity contribution in [2.75, 3.05) is 13.1 Å². The normalized spacial score (nSPS) is 16.6. The summed E-state index contributed by atoms with van der Waals surface area (Å²) in [6.45, 7) is 7.33. The third-order valence-corrected chi connectivity index (χ3v) is 3.55. The molecule has 0 saturated heterocycles. The molecule has 3 nitrogen and oxygen atoms in total. The first-order chi connectivity index (χ1) is 8.22. The molecule has 1 aliphatic rings. The van der Waals surface area contributed by atoms with Crippen LogP contribution in [0.5, 0.6) is 0 Å². The Labute approximate surface area is 105 Å². The maximum absolute atomic E-state index is 12.1. The van der Waals surface area contributed by atoms with Gasteiger partial charge in [-0.05, 0) is 38.1 Å². The second kappa shape index (κ2) is 7.49. The molecule has 1 atom stereocenters. The number of hydrogen-bond donors (Lipinski definition) is 1. The zero-order valence-corrected chi connectivity index (χ0v) is 11.0. The number of rotatable bonds is 9. The fourth-order valence-electron chi connectivity index (χ4n) is 2.24. The summed E-state index contributed by atoms with van der Waals surface area (Å²) in [7, 11) is 0. The first kappa shape index (κ1) is 14.2. The van der Waals surface area contributed by atoms with Gasteiger partial charge in [-0.1, -0.05) is 19.4 Å². The molecule has 1 unspecified atom stereocenters. The van der Waals surface area contributed by atoms with E-state index in [0.717, 1.165) is 25.8 Å². The van der Waals surface area contributed by atoms with Crippen molar-refractivity contribution in [2.45, 2.75) is 51.5 Å². The fourth-order valence-corrected chi connectivity index (χ4v) is 2.24. The van der Waals surface area contributed by atoms with E-state index in [2.05, 4.69) is 13.5 Å². The van der Waals surface area contributed by atoms with Crippen LogP contribution in [0.25, 0.3) is 0 Å². The molecule has 1 fully saturated rings. The molecule has 2 N–H and O–H groups in total. The van der Waals surface area contributed by atoms with Gasteiger partial charge < -0.3 is 10.6 Å². The summed E-state index contributed by atoms with van der Waals surface area (Å²) in [6, 6.07) is 0.495. The van der Waals surface area contributed by atoms with Crippen molar-refractivity contribution in [2.24, 2.45) is 11.7 Å². The molecular formula is C14H26N2O. The molecule has 98 valence electrons. The van der Waals surface area contributed by atoms with Gasteiger partial charge >= 0.3 is 0 Å². The van der Waals surface area contributed by atoms with Crippen molar-refractivity contribution in [1.29, 1.82) is 0 Å². The monoisotopic (exact) mass is 238 g/mol. The Morgan fingerprint density at radius 3 is 2.71 bits per heavy atom. The molecule has 0 radical (unpaired) electrons. The number of nitrogens with zero attached hydrogens (tertiary/aromatic N) is 1. The van der Waals surface area contributed by atoms with Crippen LogP contribution in [0.15, 0.2) is 12.7 Å². The van der Waals surface area contributed by atoms with Crippen molar-refractivity contribution in [3.8, 4) is 0 Å². The summed E-state index contributed by atoms with van der Waals surface area (Å²) in [6.07, 6.45) is 7.96. The number of hydrogen-bond acceptors (Lipinski definition) is 2. The van der Waals surface area contributed by atoms with Gasteiger partial charge in [0.2, 0.25) is 5.91 Å². The van der Waals surface area contributed by atoms with Crippen LogP contribution in [0, 0.1) is 5.92 Å². The molecule has 0 spiro atoms. The predicted octanol–water partition coefficient (Wildman–Crippen LogP) is 2.32. The summed E-state index contributed by atoms with van der Waals surface area (Å²) >= 11 is 0. The summed E-state index contributed by atoms with van der Waals surface area (Å²) in [5, 5.41) is 0. The lowest BCUT2D eigenvalue weighted by molar-refractivity contribution is -0.131. The van der Waals surface area contributed by atoms with Crippen molar-refractivity contribution in [3.05, 3.63) is 12.7 Å². The molecule has 3 heteroatoms. The zero-order valence-electron chi connectivity index (χ0n) is 11.0. The molecule has 17 heavy (non-hydrogen) atoms. The van der Waals surface area contributed by atoms with E-state index >= 15 is 0 Å². The fraction of sp³-hybridized carbons (Fsp3) is 0.786. The van der Waals surface area contributed by atoms with Crippen molar-refractivity contribution < 1.29 is 4.79 Å². The largest absolute Gasteiger partial charge is 0.336 e.